The van der Waals surface area contributed by atoms with Crippen LogP contribution in [0.3, 0.4) is 0 Å². The third-order valence-corrected chi connectivity index (χ3v) is 0.333. The van der Waals surface area contributed by atoms with Crippen molar-refractivity contribution in [2.75, 3.05) is 26.2 Å². The number of rotatable bonds is 2. The fraction of sp³-hybridized carbons (Fsp3) is 1.00. The van der Waals surface area contributed by atoms with Crippen LogP contribution in [0.2, 0.25) is 0 Å². The Bertz CT molecular complexity index is 20.5. The fourth-order valence-electron chi connectivity index (χ4n) is 0. The van der Waals surface area contributed by atoms with E-state index >= 15 is 0 Å². The molecule has 4 nitrogen and oxygen atoms in total. The third kappa shape index (κ3) is 55.8. The summed E-state index contributed by atoms with van der Waals surface area (Å²) in [5, 5.41) is 0. The van der Waals surface area contributed by atoms with Crippen LogP contribution in [-0.4, -0.2) is 26.2 Å². The van der Waals surface area contributed by atoms with Crippen molar-refractivity contribution in [3.63, 3.8) is 0 Å². The molecule has 0 aromatic rings. The largest absolute Gasteiger partial charge is 0.329 e. The maximum Gasteiger partial charge on any atom is 0.00461 e. The molecule has 63 valence electrons. The second kappa shape index (κ2) is 23.5. The van der Waals surface area contributed by atoms with Gasteiger partial charge in [-0.15, -0.1) is 0 Å². The second-order valence-corrected chi connectivity index (χ2v) is 1.15. The van der Waals surface area contributed by atoms with Gasteiger partial charge in [0.2, 0.25) is 0 Å². The van der Waals surface area contributed by atoms with Gasteiger partial charge in [0.25, 0.3) is 0 Å². The normalized spacial score (nSPS) is 6.67. The summed E-state index contributed by atoms with van der Waals surface area (Å²) in [5.41, 5.74) is 19.6. The Kier molecular flexibility index (Phi) is 42.5. The van der Waals surface area contributed by atoms with Crippen LogP contribution in [-0.2, 0) is 22.4 Å². The van der Waals surface area contributed by atoms with Crippen molar-refractivity contribution in [3.05, 3.63) is 0 Å². The molecule has 5 heteroatoms. The van der Waals surface area contributed by atoms with Crippen LogP contribution in [0.4, 0.5) is 0 Å². The van der Waals surface area contributed by atoms with Crippen molar-refractivity contribution >= 4 is 0 Å². The van der Waals surface area contributed by atoms with Gasteiger partial charge in [-0.3, -0.25) is 0 Å². The minimum absolute atomic E-state index is 0. The first-order valence-electron chi connectivity index (χ1n) is 2.63. The second-order valence-electron chi connectivity index (χ2n) is 1.15. The zero-order chi connectivity index (χ0) is 6.83. The summed E-state index contributed by atoms with van der Waals surface area (Å²) in [4.78, 5) is 0. The molecule has 0 heterocycles. The van der Waals surface area contributed by atoms with Crippen LogP contribution in [0, 0.1) is 0 Å². The predicted molar refractivity (Wildman–Crippen MR) is 36.2 cm³/mol. The van der Waals surface area contributed by atoms with Crippen LogP contribution in [0.25, 0.3) is 0 Å². The average Bonchev–Trinajstić information content (AvgIpc) is 1.88. The van der Waals surface area contributed by atoms with Gasteiger partial charge in [0.05, 0.1) is 0 Å². The van der Waals surface area contributed by atoms with E-state index in [-0.39, 0.29) is 22.4 Å². The minimum Gasteiger partial charge on any atom is -0.329 e. The molecule has 0 rings (SSSR count). The van der Waals surface area contributed by atoms with E-state index in [1.54, 1.807) is 0 Å². The average molecular weight is 317 g/mol. The molecule has 9 heavy (non-hydrogen) atoms. The van der Waals surface area contributed by atoms with E-state index in [0.29, 0.717) is 26.2 Å². The molecule has 0 saturated heterocycles. The monoisotopic (exact) mass is 317 g/mol. The van der Waals surface area contributed by atoms with Gasteiger partial charge >= 0.3 is 0 Å². The van der Waals surface area contributed by atoms with E-state index in [2.05, 4.69) is 0 Å². The van der Waals surface area contributed by atoms with Gasteiger partial charge in [0.15, 0.2) is 0 Å². The predicted octanol–water partition coefficient (Wildman–Crippen LogP) is -2.19. The SMILES string of the molecule is NCCN.NCCN.[Au]. The first-order chi connectivity index (χ1) is 3.83. The van der Waals surface area contributed by atoms with E-state index in [1.807, 2.05) is 0 Å². The summed E-state index contributed by atoms with van der Waals surface area (Å²) >= 11 is 0. The number of hydrogen-bond acceptors (Lipinski definition) is 4. The van der Waals surface area contributed by atoms with Crippen LogP contribution < -0.4 is 22.9 Å². The Hall–Kier alpha value is 0.580. The maximum atomic E-state index is 4.90. The van der Waals surface area contributed by atoms with Crippen molar-refractivity contribution < 1.29 is 22.4 Å². The molecule has 0 aliphatic carbocycles. The van der Waals surface area contributed by atoms with E-state index in [4.69, 9.17) is 22.9 Å². The molecule has 0 aliphatic rings. The zero-order valence-electron chi connectivity index (χ0n) is 5.44. The fourth-order valence-corrected chi connectivity index (χ4v) is 0. The first kappa shape index (κ1) is 16.3. The number of hydrogen-bond donors (Lipinski definition) is 4. The molecule has 0 saturated carbocycles. The molecular formula is C4H16AuN4. The van der Waals surface area contributed by atoms with Crippen LogP contribution in [0.15, 0.2) is 0 Å². The van der Waals surface area contributed by atoms with E-state index in [9.17, 15) is 0 Å². The summed E-state index contributed by atoms with van der Waals surface area (Å²) in [6, 6.07) is 0. The van der Waals surface area contributed by atoms with Gasteiger partial charge in [-0.25, -0.2) is 0 Å². The number of nitrogens with two attached hydrogens (primary N) is 4. The third-order valence-electron chi connectivity index (χ3n) is 0.333. The van der Waals surface area contributed by atoms with Crippen molar-refractivity contribution in [2.24, 2.45) is 22.9 Å². The molecule has 0 aromatic carbocycles. The Balaban J connectivity index is -0.0000000720. The smallest absolute Gasteiger partial charge is 0.00461 e. The summed E-state index contributed by atoms with van der Waals surface area (Å²) in [5.74, 6) is 0. The van der Waals surface area contributed by atoms with Crippen molar-refractivity contribution in [1.29, 1.82) is 0 Å². The molecule has 0 amide bonds. The van der Waals surface area contributed by atoms with Crippen molar-refractivity contribution in [1.82, 2.24) is 0 Å². The Morgan fingerprint density at radius 2 is 0.667 bits per heavy atom. The molecule has 0 fully saturated rings. The Morgan fingerprint density at radius 3 is 0.667 bits per heavy atom. The van der Waals surface area contributed by atoms with Gasteiger partial charge in [0.1, 0.15) is 0 Å². The van der Waals surface area contributed by atoms with Crippen LogP contribution >= 0.6 is 0 Å². The first-order valence-corrected chi connectivity index (χ1v) is 2.63. The van der Waals surface area contributed by atoms with Gasteiger partial charge in [-0.1, -0.05) is 0 Å². The van der Waals surface area contributed by atoms with Gasteiger partial charge in [0, 0.05) is 48.6 Å². The van der Waals surface area contributed by atoms with Crippen molar-refractivity contribution in [2.45, 2.75) is 0 Å². The molecule has 1 radical (unpaired) electrons. The summed E-state index contributed by atoms with van der Waals surface area (Å²) in [7, 11) is 0. The zero-order valence-corrected chi connectivity index (χ0v) is 7.61. The molecular weight excluding hydrogens is 301 g/mol. The van der Waals surface area contributed by atoms with Gasteiger partial charge in [-0.2, -0.15) is 0 Å². The van der Waals surface area contributed by atoms with E-state index < -0.39 is 0 Å². The molecule has 8 N–H and O–H groups in total. The quantitative estimate of drug-likeness (QED) is 0.434. The standard InChI is InChI=1S/2C2H8N2.Au/c2*3-1-2-4;/h2*1-4H2;. The maximum absolute atomic E-state index is 4.90. The van der Waals surface area contributed by atoms with Gasteiger partial charge < -0.3 is 22.9 Å². The van der Waals surface area contributed by atoms with Crippen LogP contribution in [0.5, 0.6) is 0 Å². The van der Waals surface area contributed by atoms with E-state index in [1.165, 1.54) is 0 Å². The summed E-state index contributed by atoms with van der Waals surface area (Å²) in [6.45, 7) is 2.39. The summed E-state index contributed by atoms with van der Waals surface area (Å²) in [6.07, 6.45) is 0. The minimum atomic E-state index is 0. The van der Waals surface area contributed by atoms with Crippen molar-refractivity contribution in [3.8, 4) is 0 Å². The van der Waals surface area contributed by atoms with Crippen LogP contribution in [0.1, 0.15) is 0 Å². The van der Waals surface area contributed by atoms with E-state index in [0.717, 1.165) is 0 Å². The molecule has 0 atom stereocenters. The Labute approximate surface area is 71.8 Å². The molecule has 0 aliphatic heterocycles. The summed E-state index contributed by atoms with van der Waals surface area (Å²) < 4.78 is 0. The molecule has 0 unspecified atom stereocenters. The molecule has 0 bridgehead atoms. The topological polar surface area (TPSA) is 104 Å². The molecule has 0 spiro atoms. The van der Waals surface area contributed by atoms with Gasteiger partial charge in [-0.05, 0) is 0 Å². The molecule has 0 aromatic heterocycles. The Morgan fingerprint density at radius 1 is 0.556 bits per heavy atom.